The highest BCUT2D eigenvalue weighted by atomic mass is 16.5. The molecule has 2 aromatic heterocycles. The van der Waals surface area contributed by atoms with Gasteiger partial charge < -0.3 is 25.7 Å². The number of aromatic amines is 1. The molecule has 0 bridgehead atoms. The Morgan fingerprint density at radius 3 is 2.39 bits per heavy atom. The van der Waals surface area contributed by atoms with Gasteiger partial charge in [0.15, 0.2) is 18.1 Å². The summed E-state index contributed by atoms with van der Waals surface area (Å²) in [6.45, 7) is 15.9. The predicted molar refractivity (Wildman–Crippen MR) is 131 cm³/mol. The van der Waals surface area contributed by atoms with Crippen LogP contribution in [-0.2, 0) is 4.79 Å². The number of anilines is 2. The first-order valence-corrected chi connectivity index (χ1v) is 11.1. The summed E-state index contributed by atoms with van der Waals surface area (Å²) >= 11 is 0. The van der Waals surface area contributed by atoms with Crippen molar-refractivity contribution < 1.29 is 9.53 Å². The van der Waals surface area contributed by atoms with Crippen LogP contribution < -0.4 is 20.7 Å². The molecule has 0 fully saturated rings. The van der Waals surface area contributed by atoms with E-state index >= 15 is 0 Å². The maximum atomic E-state index is 12.4. The number of nitrogens with one attached hydrogen (secondary N) is 4. The summed E-state index contributed by atoms with van der Waals surface area (Å²) < 4.78 is 5.50. The van der Waals surface area contributed by atoms with Crippen LogP contribution in [0.1, 0.15) is 48.5 Å². The van der Waals surface area contributed by atoms with Crippen molar-refractivity contribution >= 4 is 28.8 Å². The van der Waals surface area contributed by atoms with Crippen LogP contribution in [-0.4, -0.2) is 50.1 Å². The zero-order valence-electron chi connectivity index (χ0n) is 20.5. The monoisotopic (exact) mass is 453 g/mol. The van der Waals surface area contributed by atoms with Crippen LogP contribution >= 0.6 is 0 Å². The molecule has 1 amide bonds. The number of aromatic nitrogens is 4. The van der Waals surface area contributed by atoms with Crippen LogP contribution in [0.3, 0.4) is 0 Å². The first kappa shape index (κ1) is 24.4. The topological polar surface area (TPSA) is 117 Å². The second-order valence-corrected chi connectivity index (χ2v) is 10.4. The Balaban J connectivity index is 1.66. The average molecular weight is 454 g/mol. The lowest BCUT2D eigenvalue weighted by molar-refractivity contribution is -0.118. The summed E-state index contributed by atoms with van der Waals surface area (Å²) in [6.07, 6.45) is 1.38. The van der Waals surface area contributed by atoms with Gasteiger partial charge in [-0.1, -0.05) is 32.0 Å². The van der Waals surface area contributed by atoms with Crippen molar-refractivity contribution in [1.29, 1.82) is 0 Å². The molecule has 0 saturated carbocycles. The number of amides is 1. The summed E-state index contributed by atoms with van der Waals surface area (Å²) in [5.41, 5.74) is 0.779. The minimum Gasteiger partial charge on any atom is -0.484 e. The lowest BCUT2D eigenvalue weighted by atomic mass is 9.73. The smallest absolute Gasteiger partial charge is 0.263 e. The number of imidazole rings is 1. The lowest BCUT2D eigenvalue weighted by Gasteiger charge is -2.46. The van der Waals surface area contributed by atoms with Crippen LogP contribution in [0.4, 0.5) is 11.8 Å². The van der Waals surface area contributed by atoms with E-state index in [-0.39, 0.29) is 29.0 Å². The van der Waals surface area contributed by atoms with Crippen LogP contribution in [0.25, 0.3) is 11.2 Å². The second kappa shape index (κ2) is 9.35. The first-order valence-electron chi connectivity index (χ1n) is 11.1. The molecule has 0 aliphatic heterocycles. The highest BCUT2D eigenvalue weighted by molar-refractivity contribution is 5.97. The van der Waals surface area contributed by atoms with E-state index in [0.717, 1.165) is 0 Å². The molecule has 0 radical (unpaired) electrons. The van der Waals surface area contributed by atoms with Gasteiger partial charge in [0.2, 0.25) is 5.95 Å². The normalized spacial score (nSPS) is 12.6. The molecule has 0 saturated heterocycles. The van der Waals surface area contributed by atoms with Crippen molar-refractivity contribution in [3.8, 4) is 5.75 Å². The second-order valence-electron chi connectivity index (χ2n) is 10.4. The summed E-state index contributed by atoms with van der Waals surface area (Å²) in [7, 11) is 0. The Morgan fingerprint density at radius 1 is 1.03 bits per heavy atom. The van der Waals surface area contributed by atoms with Crippen molar-refractivity contribution in [1.82, 2.24) is 25.3 Å². The lowest BCUT2D eigenvalue weighted by Crippen LogP contribution is -2.59. The molecule has 4 N–H and O–H groups in total. The van der Waals surface area contributed by atoms with Crippen molar-refractivity contribution in [2.24, 2.45) is 5.41 Å². The van der Waals surface area contributed by atoms with Crippen molar-refractivity contribution in [2.75, 3.05) is 23.8 Å². The Morgan fingerprint density at radius 2 is 1.73 bits per heavy atom. The van der Waals surface area contributed by atoms with Gasteiger partial charge in [0.1, 0.15) is 17.6 Å². The number of carbonyl (C=O) groups excluding carboxylic acids is 1. The molecule has 9 nitrogen and oxygen atoms in total. The summed E-state index contributed by atoms with van der Waals surface area (Å²) in [5.74, 6) is 1.23. The molecule has 2 heterocycles. The van der Waals surface area contributed by atoms with Gasteiger partial charge in [0.25, 0.3) is 5.91 Å². The van der Waals surface area contributed by atoms with Crippen LogP contribution in [0.2, 0.25) is 0 Å². The van der Waals surface area contributed by atoms with Gasteiger partial charge in [-0.3, -0.25) is 4.79 Å². The van der Waals surface area contributed by atoms with Crippen LogP contribution in [0.5, 0.6) is 5.75 Å². The number of nitrogens with zero attached hydrogens (tertiary/aromatic N) is 3. The molecule has 0 atom stereocenters. The Hall–Kier alpha value is -3.20. The number of fused-ring (bicyclic) bond motifs is 1. The number of H-pyrrole nitrogens is 1. The molecule has 1 aromatic carbocycles. The van der Waals surface area contributed by atoms with Gasteiger partial charge >= 0.3 is 0 Å². The molecular weight excluding hydrogens is 418 g/mol. The van der Waals surface area contributed by atoms with E-state index in [1.165, 1.54) is 6.33 Å². The molecule has 0 aliphatic carbocycles. The fourth-order valence-corrected chi connectivity index (χ4v) is 3.47. The quantitative estimate of drug-likeness (QED) is 0.387. The SMILES string of the molecule is CC(C)(C)NC(C)(C)C(C)(C)CNc1nc2ncnc(NC(=O)COc3ccccc3)c2[nH]1. The van der Waals surface area contributed by atoms with Gasteiger partial charge in [-0.05, 0) is 52.2 Å². The summed E-state index contributed by atoms with van der Waals surface area (Å²) in [6, 6.07) is 9.17. The molecule has 33 heavy (non-hydrogen) atoms. The van der Waals surface area contributed by atoms with Gasteiger partial charge in [-0.25, -0.2) is 9.97 Å². The number of hydrogen-bond donors (Lipinski definition) is 4. The highest BCUT2D eigenvalue weighted by Crippen LogP contribution is 2.32. The zero-order valence-corrected chi connectivity index (χ0v) is 20.5. The van der Waals surface area contributed by atoms with Gasteiger partial charge in [-0.15, -0.1) is 0 Å². The van der Waals surface area contributed by atoms with Gasteiger partial charge in [0, 0.05) is 17.6 Å². The third-order valence-electron chi connectivity index (χ3n) is 5.74. The number of rotatable bonds is 9. The predicted octanol–water partition coefficient (Wildman–Crippen LogP) is 3.98. The molecule has 0 spiro atoms. The van der Waals surface area contributed by atoms with Crippen molar-refractivity contribution in [2.45, 2.75) is 59.5 Å². The van der Waals surface area contributed by atoms with E-state index in [4.69, 9.17) is 4.74 Å². The summed E-state index contributed by atoms with van der Waals surface area (Å²) in [4.78, 5) is 28.5. The molecule has 0 unspecified atom stereocenters. The fraction of sp³-hybridized carbons (Fsp3) is 0.500. The third-order valence-corrected chi connectivity index (χ3v) is 5.74. The zero-order chi connectivity index (χ0) is 24.3. The van der Waals surface area contributed by atoms with Gasteiger partial charge in [-0.2, -0.15) is 4.98 Å². The fourth-order valence-electron chi connectivity index (χ4n) is 3.47. The first-order chi connectivity index (χ1) is 15.4. The van der Waals surface area contributed by atoms with Crippen molar-refractivity contribution in [3.05, 3.63) is 36.7 Å². The standard InChI is InChI=1S/C24H35N7O2/c1-22(2,3)31-24(6,7)23(4,5)14-25-21-29-18-19(26-15-27-20(18)30-21)28-17(32)13-33-16-11-9-8-10-12-16/h8-12,15,31H,13-14H2,1-7H3,(H3,25,26,27,28,29,30,32). The maximum Gasteiger partial charge on any atom is 0.263 e. The molecule has 3 aromatic rings. The number of benzene rings is 1. The Bertz CT molecular complexity index is 1090. The molecule has 3 rings (SSSR count). The third kappa shape index (κ3) is 6.41. The number of ether oxygens (including phenoxy) is 1. The average Bonchev–Trinajstić information content (AvgIpc) is 3.14. The molecule has 0 aliphatic rings. The number of para-hydroxylation sites is 1. The molecular formula is C24H35N7O2. The van der Waals surface area contributed by atoms with E-state index in [1.54, 1.807) is 12.1 Å². The number of carbonyl (C=O) groups is 1. The van der Waals surface area contributed by atoms with Crippen LogP contribution in [0, 0.1) is 5.41 Å². The minimum atomic E-state index is -0.320. The van der Waals surface area contributed by atoms with E-state index in [1.807, 2.05) is 18.2 Å². The van der Waals surface area contributed by atoms with E-state index in [0.29, 0.717) is 35.2 Å². The van der Waals surface area contributed by atoms with E-state index < -0.39 is 0 Å². The minimum absolute atomic E-state index is 0.00689. The maximum absolute atomic E-state index is 12.4. The largest absolute Gasteiger partial charge is 0.484 e. The van der Waals surface area contributed by atoms with E-state index in [9.17, 15) is 4.79 Å². The number of hydrogen-bond acceptors (Lipinski definition) is 7. The molecule has 178 valence electrons. The van der Waals surface area contributed by atoms with Crippen molar-refractivity contribution in [3.63, 3.8) is 0 Å². The van der Waals surface area contributed by atoms with Gasteiger partial charge in [0.05, 0.1) is 0 Å². The Kier molecular flexibility index (Phi) is 6.92. The van der Waals surface area contributed by atoms with Crippen LogP contribution in [0.15, 0.2) is 36.7 Å². The Labute approximate surface area is 195 Å². The molecule has 9 heteroatoms. The van der Waals surface area contributed by atoms with E-state index in [2.05, 4.69) is 84.4 Å². The highest BCUT2D eigenvalue weighted by Gasteiger charge is 2.39. The summed E-state index contributed by atoms with van der Waals surface area (Å²) in [5, 5.41) is 9.85.